The van der Waals surface area contributed by atoms with Crippen molar-refractivity contribution in [3.63, 3.8) is 0 Å². The molecule has 5 N–H and O–H groups in total. The van der Waals surface area contributed by atoms with Gasteiger partial charge in [0.2, 0.25) is 5.91 Å². The summed E-state index contributed by atoms with van der Waals surface area (Å²) in [5.41, 5.74) is 7.62. The van der Waals surface area contributed by atoms with Crippen molar-refractivity contribution < 1.29 is 28.4 Å². The van der Waals surface area contributed by atoms with Gasteiger partial charge in [-0.1, -0.05) is 5.16 Å². The van der Waals surface area contributed by atoms with Crippen molar-refractivity contribution in [2.24, 2.45) is 10.9 Å². The van der Waals surface area contributed by atoms with Crippen LogP contribution in [-0.2, 0) is 14.8 Å². The van der Waals surface area contributed by atoms with Crippen molar-refractivity contribution >= 4 is 27.5 Å². The largest absolute Gasteiger partial charge is 0.497 e. The van der Waals surface area contributed by atoms with Crippen LogP contribution in [0.3, 0.4) is 0 Å². The summed E-state index contributed by atoms with van der Waals surface area (Å²) >= 11 is 0. The quantitative estimate of drug-likeness (QED) is 0.166. The summed E-state index contributed by atoms with van der Waals surface area (Å²) < 4.78 is 32.4. The second kappa shape index (κ2) is 9.06. The van der Waals surface area contributed by atoms with Crippen molar-refractivity contribution in [3.05, 3.63) is 54.1 Å². The molecule has 0 saturated heterocycles. The predicted octanol–water partition coefficient (Wildman–Crippen LogP) is 0.881. The molecule has 0 aliphatic heterocycles. The number of ether oxygens (including phenoxy) is 1. The van der Waals surface area contributed by atoms with Crippen LogP contribution in [0.25, 0.3) is 0 Å². The molecule has 2 rings (SSSR count). The van der Waals surface area contributed by atoms with Gasteiger partial charge >= 0.3 is 0 Å². The maximum absolute atomic E-state index is 13.1. The fraction of sp³-hybridized carbons (Fsp3) is 0.176. The van der Waals surface area contributed by atoms with Crippen LogP contribution >= 0.6 is 0 Å². The Kier molecular flexibility index (Phi) is 6.79. The van der Waals surface area contributed by atoms with Crippen LogP contribution in [0.5, 0.6) is 5.75 Å². The highest BCUT2D eigenvalue weighted by Crippen LogP contribution is 2.26. The Morgan fingerprint density at radius 1 is 1.18 bits per heavy atom. The minimum Gasteiger partial charge on any atom is -0.497 e. The molecule has 11 heteroatoms. The number of amides is 1. The normalized spacial score (nSPS) is 11.7. The summed E-state index contributed by atoms with van der Waals surface area (Å²) in [5.74, 6) is -0.344. The maximum Gasteiger partial charge on any atom is 0.264 e. The first kappa shape index (κ1) is 21.0. The van der Waals surface area contributed by atoms with Gasteiger partial charge in [0.1, 0.15) is 5.75 Å². The van der Waals surface area contributed by atoms with Crippen molar-refractivity contribution in [2.45, 2.75) is 11.3 Å². The Bertz CT molecular complexity index is 943. The van der Waals surface area contributed by atoms with Gasteiger partial charge in [-0.25, -0.2) is 13.9 Å². The zero-order valence-electron chi connectivity index (χ0n) is 14.9. The minimum atomic E-state index is -4.04. The van der Waals surface area contributed by atoms with E-state index in [4.69, 9.17) is 20.9 Å². The van der Waals surface area contributed by atoms with Crippen molar-refractivity contribution in [1.29, 1.82) is 0 Å². The van der Waals surface area contributed by atoms with Gasteiger partial charge in [0.05, 0.1) is 17.7 Å². The molecule has 0 heterocycles. The van der Waals surface area contributed by atoms with Gasteiger partial charge < -0.3 is 15.7 Å². The highest BCUT2D eigenvalue weighted by Gasteiger charge is 2.25. The number of hydroxylamine groups is 1. The summed E-state index contributed by atoms with van der Waals surface area (Å²) in [4.78, 5) is 11.4. The number of nitrogens with zero attached hydrogens (tertiary/aromatic N) is 2. The smallest absolute Gasteiger partial charge is 0.264 e. The maximum atomic E-state index is 13.1. The average molecular weight is 408 g/mol. The summed E-state index contributed by atoms with van der Waals surface area (Å²) in [6.07, 6.45) is -0.260. The third-order valence-electron chi connectivity index (χ3n) is 3.87. The number of sulfonamides is 1. The molecule has 0 saturated carbocycles. The molecular formula is C17H20N4O6S. The fourth-order valence-corrected chi connectivity index (χ4v) is 3.84. The zero-order valence-corrected chi connectivity index (χ0v) is 15.8. The van der Waals surface area contributed by atoms with Gasteiger partial charge in [0.15, 0.2) is 5.84 Å². The molecule has 1 amide bonds. The molecule has 28 heavy (non-hydrogen) atoms. The Hall–Kier alpha value is -3.31. The molecule has 0 aliphatic carbocycles. The number of nitrogens with two attached hydrogens (primary N) is 1. The predicted molar refractivity (Wildman–Crippen MR) is 101 cm³/mol. The molecule has 2 aromatic rings. The standard InChI is InChI=1S/C17H20N4O6S/c1-27-14-6-4-13(5-7-14)21(11-10-16(22)19-23)28(25,26)15-8-2-12(3-9-15)17(18)20-24/h2-9,23-24H,10-11H2,1H3,(H2,18,20)(H,19,22). The molecule has 2 aromatic carbocycles. The van der Waals surface area contributed by atoms with Gasteiger partial charge in [-0.15, -0.1) is 0 Å². The molecule has 150 valence electrons. The molecule has 0 radical (unpaired) electrons. The van der Waals surface area contributed by atoms with Crippen molar-refractivity contribution in [1.82, 2.24) is 5.48 Å². The van der Waals surface area contributed by atoms with Crippen LogP contribution in [0.15, 0.2) is 58.6 Å². The number of hydrogen-bond donors (Lipinski definition) is 4. The summed E-state index contributed by atoms with van der Waals surface area (Å²) in [5, 5.41) is 20.3. The molecule has 0 fully saturated rings. The zero-order chi connectivity index (χ0) is 20.7. The Balaban J connectivity index is 2.42. The Labute approximate surface area is 161 Å². The van der Waals surface area contributed by atoms with E-state index in [0.717, 1.165) is 4.31 Å². The summed E-state index contributed by atoms with van der Waals surface area (Å²) in [6.45, 7) is -0.205. The summed E-state index contributed by atoms with van der Waals surface area (Å²) in [6, 6.07) is 11.7. The van der Waals surface area contributed by atoms with E-state index < -0.39 is 15.9 Å². The molecule has 0 spiro atoms. The van der Waals surface area contributed by atoms with Crippen LogP contribution in [0, 0.1) is 0 Å². The number of benzene rings is 2. The highest BCUT2D eigenvalue weighted by atomic mass is 32.2. The molecule has 0 bridgehead atoms. The lowest BCUT2D eigenvalue weighted by Gasteiger charge is -2.24. The molecule has 0 aromatic heterocycles. The third kappa shape index (κ3) is 4.69. The van der Waals surface area contributed by atoms with Gasteiger partial charge in [0, 0.05) is 18.5 Å². The lowest BCUT2D eigenvalue weighted by atomic mass is 10.2. The van der Waals surface area contributed by atoms with E-state index in [9.17, 15) is 13.2 Å². The number of anilines is 1. The second-order valence-electron chi connectivity index (χ2n) is 5.57. The Morgan fingerprint density at radius 3 is 2.29 bits per heavy atom. The SMILES string of the molecule is COc1ccc(N(CCC(=O)NO)S(=O)(=O)c2ccc(/C(N)=N/O)cc2)cc1. The number of oxime groups is 1. The molecule has 0 aliphatic rings. The number of nitrogens with one attached hydrogen (secondary N) is 1. The van der Waals surface area contributed by atoms with Crippen LogP contribution in [0.2, 0.25) is 0 Å². The fourth-order valence-electron chi connectivity index (χ4n) is 2.38. The Morgan fingerprint density at radius 2 is 1.79 bits per heavy atom. The van der Waals surface area contributed by atoms with E-state index in [1.807, 2.05) is 0 Å². The van der Waals surface area contributed by atoms with Crippen LogP contribution in [-0.4, -0.2) is 44.2 Å². The second-order valence-corrected chi connectivity index (χ2v) is 7.43. The van der Waals surface area contributed by atoms with E-state index in [1.54, 1.807) is 12.1 Å². The summed E-state index contributed by atoms with van der Waals surface area (Å²) in [7, 11) is -2.55. The van der Waals surface area contributed by atoms with E-state index in [0.29, 0.717) is 17.0 Å². The number of methoxy groups -OCH3 is 1. The molecular weight excluding hydrogens is 388 g/mol. The van der Waals surface area contributed by atoms with E-state index in [-0.39, 0.29) is 23.7 Å². The minimum absolute atomic E-state index is 0.0535. The topological polar surface area (TPSA) is 155 Å². The highest BCUT2D eigenvalue weighted by molar-refractivity contribution is 7.92. The lowest BCUT2D eigenvalue weighted by Crippen LogP contribution is -2.34. The number of hydrogen-bond acceptors (Lipinski definition) is 7. The van der Waals surface area contributed by atoms with Gasteiger partial charge in [-0.3, -0.25) is 14.3 Å². The third-order valence-corrected chi connectivity index (χ3v) is 5.71. The lowest BCUT2D eigenvalue weighted by molar-refractivity contribution is -0.128. The van der Waals surface area contributed by atoms with E-state index in [2.05, 4.69) is 5.16 Å². The number of carbonyl (C=O) groups excluding carboxylic acids is 1. The van der Waals surface area contributed by atoms with E-state index >= 15 is 0 Å². The monoisotopic (exact) mass is 408 g/mol. The van der Waals surface area contributed by atoms with Gasteiger partial charge in [-0.2, -0.15) is 0 Å². The van der Waals surface area contributed by atoms with Crippen molar-refractivity contribution in [2.75, 3.05) is 18.0 Å². The van der Waals surface area contributed by atoms with Gasteiger partial charge in [-0.05, 0) is 48.5 Å². The van der Waals surface area contributed by atoms with Gasteiger partial charge in [0.25, 0.3) is 10.0 Å². The molecule has 0 unspecified atom stereocenters. The number of amidine groups is 1. The van der Waals surface area contributed by atoms with Crippen LogP contribution in [0.4, 0.5) is 5.69 Å². The average Bonchev–Trinajstić information content (AvgIpc) is 2.73. The van der Waals surface area contributed by atoms with Crippen LogP contribution < -0.4 is 20.3 Å². The van der Waals surface area contributed by atoms with E-state index in [1.165, 1.54) is 49.0 Å². The molecule has 10 nitrogen and oxygen atoms in total. The number of carbonyl (C=O) groups is 1. The molecule has 0 atom stereocenters. The van der Waals surface area contributed by atoms with Crippen LogP contribution in [0.1, 0.15) is 12.0 Å². The first-order valence-electron chi connectivity index (χ1n) is 8.01. The first-order valence-corrected chi connectivity index (χ1v) is 9.45. The first-order chi connectivity index (χ1) is 13.3. The van der Waals surface area contributed by atoms with Crippen molar-refractivity contribution in [3.8, 4) is 5.75 Å². The number of rotatable bonds is 8.